The van der Waals surface area contributed by atoms with Gasteiger partial charge in [-0.25, -0.2) is 0 Å². The molecule has 6 nitrogen and oxygen atoms in total. The lowest BCUT2D eigenvalue weighted by Gasteiger charge is -2.05. The Morgan fingerprint density at radius 1 is 1.29 bits per heavy atom. The number of ether oxygens (including phenoxy) is 1. The van der Waals surface area contributed by atoms with E-state index in [0.29, 0.717) is 41.9 Å². The van der Waals surface area contributed by atoms with Crippen LogP contribution in [0.1, 0.15) is 54.5 Å². The number of aromatic nitrogens is 2. The van der Waals surface area contributed by atoms with E-state index in [1.165, 1.54) is 11.3 Å². The molecule has 1 aromatic carbocycles. The molecule has 0 aliphatic heterocycles. The van der Waals surface area contributed by atoms with Crippen LogP contribution in [0.15, 0.2) is 40.9 Å². The van der Waals surface area contributed by atoms with Crippen molar-refractivity contribution in [2.24, 2.45) is 0 Å². The SMILES string of the molecule is CCOc1cc(-c2ccccc2)sc1C(=O)NCCCc1nc(C(C)C)no1. The number of aryl methyl sites for hydroxylation is 1. The van der Waals surface area contributed by atoms with Crippen molar-refractivity contribution in [3.8, 4) is 16.2 Å². The number of thiophene rings is 1. The first-order chi connectivity index (χ1) is 13.6. The fourth-order valence-corrected chi connectivity index (χ4v) is 3.69. The third-order valence-corrected chi connectivity index (χ3v) is 5.28. The number of benzene rings is 1. The van der Waals surface area contributed by atoms with Gasteiger partial charge in [0.05, 0.1) is 6.61 Å². The molecule has 0 atom stereocenters. The van der Waals surface area contributed by atoms with Gasteiger partial charge in [-0.2, -0.15) is 4.98 Å². The van der Waals surface area contributed by atoms with Gasteiger partial charge in [0.15, 0.2) is 5.82 Å². The Bertz CT molecular complexity index is 903. The molecule has 0 aliphatic rings. The van der Waals surface area contributed by atoms with Gasteiger partial charge in [0.2, 0.25) is 5.89 Å². The average molecular weight is 400 g/mol. The zero-order valence-electron chi connectivity index (χ0n) is 16.4. The number of hydrogen-bond donors (Lipinski definition) is 1. The molecule has 148 valence electrons. The molecule has 0 spiro atoms. The molecular formula is C21H25N3O3S. The highest BCUT2D eigenvalue weighted by Crippen LogP contribution is 2.36. The van der Waals surface area contributed by atoms with Crippen LogP contribution in [0.25, 0.3) is 10.4 Å². The van der Waals surface area contributed by atoms with Crippen molar-refractivity contribution in [3.63, 3.8) is 0 Å². The van der Waals surface area contributed by atoms with Gasteiger partial charge in [0, 0.05) is 23.8 Å². The van der Waals surface area contributed by atoms with Gasteiger partial charge in [-0.15, -0.1) is 11.3 Å². The van der Waals surface area contributed by atoms with E-state index in [4.69, 9.17) is 9.26 Å². The van der Waals surface area contributed by atoms with Crippen LogP contribution in [0, 0.1) is 0 Å². The van der Waals surface area contributed by atoms with Crippen LogP contribution >= 0.6 is 11.3 Å². The van der Waals surface area contributed by atoms with Gasteiger partial charge < -0.3 is 14.6 Å². The van der Waals surface area contributed by atoms with E-state index in [0.717, 1.165) is 16.9 Å². The third kappa shape index (κ3) is 4.98. The first kappa shape index (κ1) is 20.1. The zero-order chi connectivity index (χ0) is 19.9. The molecule has 1 N–H and O–H groups in total. The van der Waals surface area contributed by atoms with E-state index in [2.05, 4.69) is 15.5 Å². The third-order valence-electron chi connectivity index (χ3n) is 4.12. The quantitative estimate of drug-likeness (QED) is 0.529. The van der Waals surface area contributed by atoms with E-state index in [-0.39, 0.29) is 11.8 Å². The molecule has 28 heavy (non-hydrogen) atoms. The molecule has 3 aromatic rings. The summed E-state index contributed by atoms with van der Waals surface area (Å²) in [6, 6.07) is 11.9. The highest BCUT2D eigenvalue weighted by Gasteiger charge is 2.18. The number of carbonyl (C=O) groups is 1. The van der Waals surface area contributed by atoms with E-state index in [9.17, 15) is 4.79 Å². The summed E-state index contributed by atoms with van der Waals surface area (Å²) in [7, 11) is 0. The molecule has 2 aromatic heterocycles. The predicted octanol–water partition coefficient (Wildman–Crippen LogP) is 4.68. The smallest absolute Gasteiger partial charge is 0.265 e. The Labute approximate surface area is 168 Å². The van der Waals surface area contributed by atoms with Crippen molar-refractivity contribution in [1.29, 1.82) is 0 Å². The minimum absolute atomic E-state index is 0.121. The topological polar surface area (TPSA) is 77.2 Å². The standard InChI is InChI=1S/C21H25N3O3S/c1-4-26-16-13-17(15-9-6-5-7-10-15)28-19(16)21(25)22-12-8-11-18-23-20(14(2)3)24-27-18/h5-7,9-10,13-14H,4,8,11-12H2,1-3H3,(H,22,25). The summed E-state index contributed by atoms with van der Waals surface area (Å²) >= 11 is 1.44. The van der Waals surface area contributed by atoms with Gasteiger partial charge in [0.25, 0.3) is 5.91 Å². The highest BCUT2D eigenvalue weighted by molar-refractivity contribution is 7.17. The van der Waals surface area contributed by atoms with Crippen LogP contribution in [-0.4, -0.2) is 29.2 Å². The summed E-state index contributed by atoms with van der Waals surface area (Å²) < 4.78 is 10.9. The van der Waals surface area contributed by atoms with E-state index in [1.807, 2.05) is 57.2 Å². The number of hydrogen-bond acceptors (Lipinski definition) is 6. The molecule has 0 aliphatic carbocycles. The summed E-state index contributed by atoms with van der Waals surface area (Å²) in [5, 5.41) is 6.92. The molecule has 0 unspecified atom stereocenters. The normalized spacial score (nSPS) is 11.0. The van der Waals surface area contributed by atoms with Crippen LogP contribution in [-0.2, 0) is 6.42 Å². The van der Waals surface area contributed by atoms with Crippen LogP contribution in [0.2, 0.25) is 0 Å². The maximum atomic E-state index is 12.7. The average Bonchev–Trinajstić information content (AvgIpc) is 3.34. The van der Waals surface area contributed by atoms with Gasteiger partial charge in [-0.1, -0.05) is 49.3 Å². The fourth-order valence-electron chi connectivity index (χ4n) is 2.67. The Morgan fingerprint density at radius 2 is 2.07 bits per heavy atom. The Balaban J connectivity index is 1.59. The van der Waals surface area contributed by atoms with Crippen molar-refractivity contribution >= 4 is 17.2 Å². The largest absolute Gasteiger partial charge is 0.492 e. The summed E-state index contributed by atoms with van der Waals surface area (Å²) in [5.41, 5.74) is 1.07. The maximum absolute atomic E-state index is 12.7. The van der Waals surface area contributed by atoms with Crippen molar-refractivity contribution in [2.45, 2.75) is 39.5 Å². The molecule has 0 bridgehead atoms. The van der Waals surface area contributed by atoms with Crippen molar-refractivity contribution in [1.82, 2.24) is 15.5 Å². The summed E-state index contributed by atoms with van der Waals surface area (Å²) in [5.74, 6) is 2.07. The fraction of sp³-hybridized carbons (Fsp3) is 0.381. The molecule has 7 heteroatoms. The summed E-state index contributed by atoms with van der Waals surface area (Å²) in [6.45, 7) is 7.01. The zero-order valence-corrected chi connectivity index (χ0v) is 17.2. The lowest BCUT2D eigenvalue weighted by atomic mass is 10.2. The molecular weight excluding hydrogens is 374 g/mol. The van der Waals surface area contributed by atoms with Gasteiger partial charge in [-0.05, 0) is 25.0 Å². The van der Waals surface area contributed by atoms with Crippen LogP contribution in [0.4, 0.5) is 0 Å². The second kappa shape index (κ2) is 9.50. The molecule has 0 saturated carbocycles. The van der Waals surface area contributed by atoms with E-state index in [1.54, 1.807) is 0 Å². The van der Waals surface area contributed by atoms with E-state index < -0.39 is 0 Å². The van der Waals surface area contributed by atoms with Crippen molar-refractivity contribution in [3.05, 3.63) is 53.0 Å². The monoisotopic (exact) mass is 399 g/mol. The lowest BCUT2D eigenvalue weighted by Crippen LogP contribution is -2.24. The van der Waals surface area contributed by atoms with E-state index >= 15 is 0 Å². The Morgan fingerprint density at radius 3 is 2.75 bits per heavy atom. The summed E-state index contributed by atoms with van der Waals surface area (Å²) in [4.78, 5) is 18.6. The molecule has 0 fully saturated rings. The Hall–Kier alpha value is -2.67. The van der Waals surface area contributed by atoms with Crippen LogP contribution < -0.4 is 10.1 Å². The first-order valence-corrected chi connectivity index (χ1v) is 10.3. The minimum Gasteiger partial charge on any atom is -0.492 e. The molecule has 0 saturated heterocycles. The molecule has 3 rings (SSSR count). The highest BCUT2D eigenvalue weighted by atomic mass is 32.1. The number of carbonyl (C=O) groups excluding carboxylic acids is 1. The van der Waals surface area contributed by atoms with Crippen molar-refractivity contribution in [2.75, 3.05) is 13.2 Å². The molecule has 0 radical (unpaired) electrons. The number of nitrogens with one attached hydrogen (secondary N) is 1. The van der Waals surface area contributed by atoms with Gasteiger partial charge >= 0.3 is 0 Å². The second-order valence-corrected chi connectivity index (χ2v) is 7.72. The molecule has 2 heterocycles. The lowest BCUT2D eigenvalue weighted by molar-refractivity contribution is 0.0953. The van der Waals surface area contributed by atoms with Gasteiger partial charge in [0.1, 0.15) is 10.6 Å². The summed E-state index contributed by atoms with van der Waals surface area (Å²) in [6.07, 6.45) is 1.37. The Kier molecular flexibility index (Phi) is 6.81. The second-order valence-electron chi connectivity index (χ2n) is 6.66. The number of rotatable bonds is 9. The minimum atomic E-state index is -0.121. The maximum Gasteiger partial charge on any atom is 0.265 e. The van der Waals surface area contributed by atoms with Crippen LogP contribution in [0.5, 0.6) is 5.75 Å². The van der Waals surface area contributed by atoms with Crippen LogP contribution in [0.3, 0.4) is 0 Å². The molecule has 1 amide bonds. The predicted molar refractivity (Wildman–Crippen MR) is 110 cm³/mol. The first-order valence-electron chi connectivity index (χ1n) is 9.51. The number of nitrogens with zero attached hydrogens (tertiary/aromatic N) is 2. The number of amides is 1. The van der Waals surface area contributed by atoms with Gasteiger partial charge in [-0.3, -0.25) is 4.79 Å². The van der Waals surface area contributed by atoms with Crippen molar-refractivity contribution < 1.29 is 14.1 Å².